The van der Waals surface area contributed by atoms with Gasteiger partial charge in [-0.2, -0.15) is 0 Å². The Hall–Kier alpha value is 0. The van der Waals surface area contributed by atoms with Crippen LogP contribution < -0.4 is 0 Å². The van der Waals surface area contributed by atoms with Gasteiger partial charge >= 0.3 is 0 Å². The van der Waals surface area contributed by atoms with Gasteiger partial charge in [-0.25, -0.2) is 0 Å². The fraction of sp³-hybridized carbons (Fsp3) is 1.00. The molecule has 0 nitrogen and oxygen atoms in total. The summed E-state index contributed by atoms with van der Waals surface area (Å²) in [6.07, 6.45) is 15.9. The lowest BCUT2D eigenvalue weighted by molar-refractivity contribution is 0.0817. The van der Waals surface area contributed by atoms with E-state index in [2.05, 4.69) is 0 Å². The van der Waals surface area contributed by atoms with Crippen molar-refractivity contribution >= 4 is 0 Å². The Morgan fingerprint density at radius 2 is 0.938 bits per heavy atom. The van der Waals surface area contributed by atoms with Crippen LogP contribution in [0.25, 0.3) is 0 Å². The fourth-order valence-corrected chi connectivity index (χ4v) is 6.41. The summed E-state index contributed by atoms with van der Waals surface area (Å²) in [5, 5.41) is 0. The van der Waals surface area contributed by atoms with Crippen molar-refractivity contribution in [1.29, 1.82) is 0 Å². The molecule has 0 heterocycles. The summed E-state index contributed by atoms with van der Waals surface area (Å²) in [5.74, 6) is 7.12. The molecule has 4 aliphatic rings. The molecule has 4 saturated carbocycles. The average Bonchev–Trinajstić information content (AvgIpc) is 2.68. The lowest BCUT2D eigenvalue weighted by Crippen LogP contribution is -2.33. The molecule has 90 valence electrons. The minimum atomic E-state index is 1.17. The third kappa shape index (κ3) is 1.28. The van der Waals surface area contributed by atoms with Crippen molar-refractivity contribution in [2.24, 2.45) is 35.5 Å². The lowest BCUT2D eigenvalue weighted by atomic mass is 9.64. The Bertz CT molecular complexity index is 243. The molecule has 0 amide bonds. The Morgan fingerprint density at radius 1 is 0.438 bits per heavy atom. The second-order valence-electron chi connectivity index (χ2n) is 7.14. The second-order valence-corrected chi connectivity index (χ2v) is 7.14. The topological polar surface area (TPSA) is 0 Å². The maximum atomic E-state index is 1.61. The van der Waals surface area contributed by atoms with Crippen LogP contribution in [0.5, 0.6) is 0 Å². The van der Waals surface area contributed by atoms with Crippen LogP contribution in [0.15, 0.2) is 0 Å². The van der Waals surface area contributed by atoms with Gasteiger partial charge in [-0.3, -0.25) is 0 Å². The van der Waals surface area contributed by atoms with Crippen LogP contribution in [-0.4, -0.2) is 0 Å². The summed E-state index contributed by atoms with van der Waals surface area (Å²) in [6, 6.07) is 0. The van der Waals surface area contributed by atoms with E-state index >= 15 is 0 Å². The summed E-state index contributed by atoms with van der Waals surface area (Å²) in [4.78, 5) is 0. The van der Waals surface area contributed by atoms with E-state index in [1.165, 1.54) is 35.5 Å². The van der Waals surface area contributed by atoms with E-state index < -0.39 is 0 Å². The van der Waals surface area contributed by atoms with Gasteiger partial charge in [0.15, 0.2) is 0 Å². The van der Waals surface area contributed by atoms with Crippen molar-refractivity contribution in [2.45, 2.75) is 64.2 Å². The van der Waals surface area contributed by atoms with Crippen molar-refractivity contribution in [3.05, 3.63) is 0 Å². The zero-order valence-corrected chi connectivity index (χ0v) is 10.5. The second kappa shape index (κ2) is 3.75. The molecule has 0 aromatic heterocycles. The number of fused-ring (bicyclic) bond motifs is 3. The Balaban J connectivity index is 1.68. The van der Waals surface area contributed by atoms with E-state index in [9.17, 15) is 0 Å². The molecule has 0 N–H and O–H groups in total. The Morgan fingerprint density at radius 3 is 1.50 bits per heavy atom. The van der Waals surface area contributed by atoms with Gasteiger partial charge in [-0.1, -0.05) is 38.5 Å². The van der Waals surface area contributed by atoms with E-state index in [-0.39, 0.29) is 0 Å². The molecule has 0 aromatic carbocycles. The third-order valence-electron chi connectivity index (χ3n) is 6.73. The Labute approximate surface area is 100 Å². The SMILES string of the molecule is C1CCC2C(C1)C1CCCC3CCCC2C31. The molecule has 4 atom stereocenters. The van der Waals surface area contributed by atoms with E-state index in [0.29, 0.717) is 0 Å². The largest absolute Gasteiger partial charge is 0.0530 e. The Kier molecular flexibility index (Phi) is 2.34. The monoisotopic (exact) mass is 218 g/mol. The van der Waals surface area contributed by atoms with Crippen LogP contribution in [0.2, 0.25) is 0 Å². The number of hydrogen-bond acceptors (Lipinski definition) is 0. The van der Waals surface area contributed by atoms with Gasteiger partial charge in [0.25, 0.3) is 0 Å². The molecule has 4 fully saturated rings. The van der Waals surface area contributed by atoms with Crippen LogP contribution in [0, 0.1) is 35.5 Å². The van der Waals surface area contributed by atoms with E-state index in [1.807, 2.05) is 0 Å². The summed E-state index contributed by atoms with van der Waals surface area (Å²) in [6.45, 7) is 0. The molecule has 0 bridgehead atoms. The van der Waals surface area contributed by atoms with Crippen LogP contribution in [0.1, 0.15) is 64.2 Å². The number of rotatable bonds is 0. The first-order valence-corrected chi connectivity index (χ1v) is 7.95. The maximum absolute atomic E-state index is 1.61. The zero-order valence-electron chi connectivity index (χ0n) is 10.5. The van der Waals surface area contributed by atoms with Crippen molar-refractivity contribution in [3.63, 3.8) is 0 Å². The van der Waals surface area contributed by atoms with Crippen molar-refractivity contribution < 1.29 is 0 Å². The predicted octanol–water partition coefficient (Wildman–Crippen LogP) is 4.64. The molecule has 0 radical (unpaired) electrons. The van der Waals surface area contributed by atoms with Gasteiger partial charge < -0.3 is 0 Å². The smallest absolute Gasteiger partial charge is 0.0324 e. The molecule has 0 spiro atoms. The average molecular weight is 218 g/mol. The highest BCUT2D eigenvalue weighted by Gasteiger charge is 2.54. The highest BCUT2D eigenvalue weighted by atomic mass is 14.6. The normalized spacial score (nSPS) is 55.5. The molecule has 0 saturated heterocycles. The lowest BCUT2D eigenvalue weighted by Gasteiger charge is -2.41. The molecule has 0 heteroatoms. The van der Waals surface area contributed by atoms with E-state index in [4.69, 9.17) is 0 Å². The summed E-state index contributed by atoms with van der Waals surface area (Å²) < 4.78 is 0. The third-order valence-corrected chi connectivity index (χ3v) is 6.73. The first kappa shape index (κ1) is 9.97. The van der Waals surface area contributed by atoms with Gasteiger partial charge in [0, 0.05) is 0 Å². The maximum Gasteiger partial charge on any atom is -0.0324 e. The summed E-state index contributed by atoms with van der Waals surface area (Å²) in [5.41, 5.74) is 0. The molecule has 4 unspecified atom stereocenters. The first-order valence-electron chi connectivity index (χ1n) is 7.95. The number of hydrogen-bond donors (Lipinski definition) is 0. The van der Waals surface area contributed by atoms with Gasteiger partial charge in [-0.05, 0) is 61.2 Å². The van der Waals surface area contributed by atoms with Crippen LogP contribution in [-0.2, 0) is 0 Å². The van der Waals surface area contributed by atoms with Crippen molar-refractivity contribution in [2.75, 3.05) is 0 Å². The van der Waals surface area contributed by atoms with Gasteiger partial charge in [-0.15, -0.1) is 0 Å². The van der Waals surface area contributed by atoms with E-state index in [0.717, 1.165) is 0 Å². The molecule has 4 aliphatic carbocycles. The van der Waals surface area contributed by atoms with Crippen molar-refractivity contribution in [1.82, 2.24) is 0 Å². The highest BCUT2D eigenvalue weighted by molar-refractivity contribution is 5.03. The first-order chi connectivity index (χ1) is 7.95. The van der Waals surface area contributed by atoms with Gasteiger partial charge in [0.1, 0.15) is 0 Å². The van der Waals surface area contributed by atoms with Gasteiger partial charge in [0.2, 0.25) is 0 Å². The standard InChI is InChI=1S/C16H26/c1-2-8-13-12(7-1)14-9-3-5-11-6-4-10-15(13)16(11)14/h11-16H,1-10H2. The molecule has 16 heavy (non-hydrogen) atoms. The quantitative estimate of drug-likeness (QED) is 0.555. The minimum absolute atomic E-state index is 1.17. The van der Waals surface area contributed by atoms with Crippen molar-refractivity contribution in [3.8, 4) is 0 Å². The summed E-state index contributed by atoms with van der Waals surface area (Å²) >= 11 is 0. The molecule has 4 rings (SSSR count). The predicted molar refractivity (Wildman–Crippen MR) is 67.1 cm³/mol. The molecule has 0 aliphatic heterocycles. The molecular formula is C16H26. The highest BCUT2D eigenvalue weighted by Crippen LogP contribution is 2.62. The molecule has 0 aromatic rings. The van der Waals surface area contributed by atoms with Crippen LogP contribution >= 0.6 is 0 Å². The zero-order chi connectivity index (χ0) is 10.5. The fourth-order valence-electron chi connectivity index (χ4n) is 6.41. The summed E-state index contributed by atoms with van der Waals surface area (Å²) in [7, 11) is 0. The van der Waals surface area contributed by atoms with Gasteiger partial charge in [0.05, 0.1) is 0 Å². The van der Waals surface area contributed by atoms with Crippen LogP contribution in [0.4, 0.5) is 0 Å². The molecular weight excluding hydrogens is 192 g/mol. The minimum Gasteiger partial charge on any atom is -0.0530 e. The van der Waals surface area contributed by atoms with Crippen LogP contribution in [0.3, 0.4) is 0 Å². The van der Waals surface area contributed by atoms with E-state index in [1.54, 1.807) is 64.2 Å².